The zero-order valence-electron chi connectivity index (χ0n) is 15.1. The Kier molecular flexibility index (Phi) is 7.73. The van der Waals surface area contributed by atoms with Gasteiger partial charge in [-0.15, -0.1) is 23.1 Å². The predicted molar refractivity (Wildman–Crippen MR) is 105 cm³/mol. The summed E-state index contributed by atoms with van der Waals surface area (Å²) >= 11 is 2.94. The summed E-state index contributed by atoms with van der Waals surface area (Å²) < 4.78 is 15.7. The Hall–Kier alpha value is -2.26. The third-order valence-electron chi connectivity index (χ3n) is 3.28. The van der Waals surface area contributed by atoms with E-state index in [0.717, 1.165) is 16.2 Å². The predicted octanol–water partition coefficient (Wildman–Crippen LogP) is 3.43. The second-order valence-corrected chi connectivity index (χ2v) is 6.65. The Balaban J connectivity index is 2.06. The molecule has 9 heteroatoms. The van der Waals surface area contributed by atoms with Gasteiger partial charge < -0.3 is 14.2 Å². The molecule has 1 aromatic heterocycles. The van der Waals surface area contributed by atoms with Crippen molar-refractivity contribution >= 4 is 40.4 Å². The van der Waals surface area contributed by atoms with Crippen molar-refractivity contribution in [1.82, 2.24) is 4.98 Å². The quantitative estimate of drug-likeness (QED) is 0.301. The number of ether oxygens (including phenoxy) is 3. The van der Waals surface area contributed by atoms with Gasteiger partial charge in [-0.1, -0.05) is 0 Å². The molecular formula is C17H21N3O4S2. The maximum atomic E-state index is 11.5. The van der Waals surface area contributed by atoms with Crippen molar-refractivity contribution in [3.8, 4) is 11.5 Å². The number of methoxy groups -OCH3 is 2. The number of nitrogens with one attached hydrogen (secondary N) is 1. The Morgan fingerprint density at radius 1 is 1.35 bits per heavy atom. The molecule has 0 saturated heterocycles. The summed E-state index contributed by atoms with van der Waals surface area (Å²) in [6.45, 7) is 2.13. The highest BCUT2D eigenvalue weighted by Gasteiger charge is 2.10. The van der Waals surface area contributed by atoms with Gasteiger partial charge in [-0.05, 0) is 25.3 Å². The van der Waals surface area contributed by atoms with E-state index in [0.29, 0.717) is 23.2 Å². The van der Waals surface area contributed by atoms with Gasteiger partial charge in [0, 0.05) is 10.9 Å². The minimum atomic E-state index is -0.293. The number of hydrogen-bond donors (Lipinski definition) is 1. The van der Waals surface area contributed by atoms with E-state index in [9.17, 15) is 4.79 Å². The Morgan fingerprint density at radius 2 is 2.12 bits per heavy atom. The lowest BCUT2D eigenvalue weighted by atomic mass is 10.2. The van der Waals surface area contributed by atoms with Crippen LogP contribution in [0, 0.1) is 0 Å². The van der Waals surface area contributed by atoms with Gasteiger partial charge in [-0.25, -0.2) is 4.98 Å². The highest BCUT2D eigenvalue weighted by molar-refractivity contribution is 7.98. The second kappa shape index (κ2) is 10.0. The summed E-state index contributed by atoms with van der Waals surface area (Å²) in [6.07, 6.45) is 3.76. The molecule has 2 rings (SSSR count). The van der Waals surface area contributed by atoms with Gasteiger partial charge in [0.15, 0.2) is 0 Å². The number of benzene rings is 1. The van der Waals surface area contributed by atoms with Gasteiger partial charge in [0.2, 0.25) is 5.13 Å². The maximum absolute atomic E-state index is 11.5. The smallest absolute Gasteiger partial charge is 0.311 e. The molecule has 1 aromatic carbocycles. The monoisotopic (exact) mass is 395 g/mol. The van der Waals surface area contributed by atoms with Crippen molar-refractivity contribution in [3.05, 3.63) is 28.8 Å². The van der Waals surface area contributed by atoms with Crippen LogP contribution < -0.4 is 14.9 Å². The number of hydrazone groups is 1. The summed E-state index contributed by atoms with van der Waals surface area (Å²) in [6, 6.07) is 3.77. The molecule has 0 fully saturated rings. The zero-order chi connectivity index (χ0) is 18.9. The average Bonchev–Trinajstić information content (AvgIpc) is 3.08. The molecule has 0 unspecified atom stereocenters. The van der Waals surface area contributed by atoms with E-state index in [2.05, 4.69) is 15.5 Å². The molecule has 0 aliphatic heterocycles. The number of thiazole rings is 1. The Bertz CT molecular complexity index is 777. The maximum Gasteiger partial charge on any atom is 0.311 e. The Labute approximate surface area is 160 Å². The molecule has 7 nitrogen and oxygen atoms in total. The first-order valence-electron chi connectivity index (χ1n) is 7.80. The van der Waals surface area contributed by atoms with Gasteiger partial charge in [-0.2, -0.15) is 5.10 Å². The largest absolute Gasteiger partial charge is 0.496 e. The van der Waals surface area contributed by atoms with Crippen molar-refractivity contribution < 1.29 is 19.0 Å². The summed E-state index contributed by atoms with van der Waals surface area (Å²) in [4.78, 5) is 16.8. The summed E-state index contributed by atoms with van der Waals surface area (Å²) in [7, 11) is 3.24. The van der Waals surface area contributed by atoms with E-state index in [1.165, 1.54) is 11.3 Å². The van der Waals surface area contributed by atoms with Crippen LogP contribution in [0.15, 0.2) is 27.5 Å². The van der Waals surface area contributed by atoms with Crippen molar-refractivity contribution in [2.75, 3.05) is 32.5 Å². The molecule has 26 heavy (non-hydrogen) atoms. The summed E-state index contributed by atoms with van der Waals surface area (Å²) in [5.74, 6) is 1.16. The standard InChI is InChI=1S/C17H21N3O4S2/c1-5-24-16(21)7-12-10-26-17(19-12)20-18-9-11-6-14(23-3)15(25-4)8-13(11)22-2/h6,8-10H,5,7H2,1-4H3,(H,19,20). The van der Waals surface area contributed by atoms with Crippen LogP contribution >= 0.6 is 23.1 Å². The molecule has 0 aliphatic carbocycles. The van der Waals surface area contributed by atoms with E-state index in [4.69, 9.17) is 14.2 Å². The normalized spacial score (nSPS) is 10.8. The zero-order valence-corrected chi connectivity index (χ0v) is 16.7. The molecule has 1 heterocycles. The van der Waals surface area contributed by atoms with Gasteiger partial charge in [0.05, 0.1) is 44.1 Å². The first kappa shape index (κ1) is 20.1. The van der Waals surface area contributed by atoms with E-state index in [1.54, 1.807) is 44.5 Å². The first-order chi connectivity index (χ1) is 12.6. The van der Waals surface area contributed by atoms with Gasteiger partial charge in [0.25, 0.3) is 0 Å². The number of anilines is 1. The molecule has 2 aromatic rings. The topological polar surface area (TPSA) is 82.0 Å². The number of carbonyl (C=O) groups excluding carboxylic acids is 1. The molecule has 0 bridgehead atoms. The van der Waals surface area contributed by atoms with Crippen LogP contribution in [0.4, 0.5) is 5.13 Å². The van der Waals surface area contributed by atoms with Crippen LogP contribution in [0.1, 0.15) is 18.2 Å². The van der Waals surface area contributed by atoms with Crippen LogP contribution in [0.3, 0.4) is 0 Å². The lowest BCUT2D eigenvalue weighted by Crippen LogP contribution is -2.07. The number of hydrogen-bond acceptors (Lipinski definition) is 9. The SMILES string of the molecule is CCOC(=O)Cc1csc(NN=Cc2cc(OC)c(SC)cc2OC)n1. The van der Waals surface area contributed by atoms with Crippen LogP contribution in [-0.4, -0.2) is 44.3 Å². The molecule has 0 radical (unpaired) electrons. The van der Waals surface area contributed by atoms with Crippen molar-refractivity contribution in [3.63, 3.8) is 0 Å². The van der Waals surface area contributed by atoms with Crippen LogP contribution in [-0.2, 0) is 16.0 Å². The average molecular weight is 396 g/mol. The van der Waals surface area contributed by atoms with E-state index >= 15 is 0 Å². The molecule has 0 spiro atoms. The number of nitrogens with zero attached hydrogens (tertiary/aromatic N) is 2. The molecule has 0 aliphatic rings. The summed E-state index contributed by atoms with van der Waals surface area (Å²) in [5, 5.41) is 6.58. The molecule has 140 valence electrons. The molecular weight excluding hydrogens is 374 g/mol. The lowest BCUT2D eigenvalue weighted by molar-refractivity contribution is -0.142. The van der Waals surface area contributed by atoms with Crippen molar-refractivity contribution in [1.29, 1.82) is 0 Å². The Morgan fingerprint density at radius 3 is 2.77 bits per heavy atom. The van der Waals surface area contributed by atoms with Crippen LogP contribution in [0.2, 0.25) is 0 Å². The number of carbonyl (C=O) groups is 1. The fourth-order valence-electron chi connectivity index (χ4n) is 2.11. The minimum Gasteiger partial charge on any atom is -0.496 e. The number of thioether (sulfide) groups is 1. The van der Waals surface area contributed by atoms with Crippen LogP contribution in [0.25, 0.3) is 0 Å². The van der Waals surface area contributed by atoms with Gasteiger partial charge in [0.1, 0.15) is 11.5 Å². The van der Waals surface area contributed by atoms with E-state index in [1.807, 2.05) is 18.4 Å². The molecule has 0 atom stereocenters. The minimum absolute atomic E-state index is 0.150. The van der Waals surface area contributed by atoms with E-state index < -0.39 is 0 Å². The molecule has 0 amide bonds. The van der Waals surface area contributed by atoms with Gasteiger partial charge >= 0.3 is 5.97 Å². The first-order valence-corrected chi connectivity index (χ1v) is 9.90. The number of aromatic nitrogens is 1. The third kappa shape index (κ3) is 5.37. The molecule has 0 saturated carbocycles. The number of rotatable bonds is 9. The fraction of sp³-hybridized carbons (Fsp3) is 0.353. The summed E-state index contributed by atoms with van der Waals surface area (Å²) in [5.41, 5.74) is 4.28. The highest BCUT2D eigenvalue weighted by Crippen LogP contribution is 2.33. The van der Waals surface area contributed by atoms with Crippen molar-refractivity contribution in [2.24, 2.45) is 5.10 Å². The lowest BCUT2D eigenvalue weighted by Gasteiger charge is -2.11. The highest BCUT2D eigenvalue weighted by atomic mass is 32.2. The van der Waals surface area contributed by atoms with Crippen LogP contribution in [0.5, 0.6) is 11.5 Å². The fourth-order valence-corrected chi connectivity index (χ4v) is 3.34. The van der Waals surface area contributed by atoms with Crippen molar-refractivity contribution in [2.45, 2.75) is 18.2 Å². The third-order valence-corrected chi connectivity index (χ3v) is 4.84. The number of esters is 1. The van der Waals surface area contributed by atoms with Gasteiger partial charge in [-0.3, -0.25) is 10.2 Å². The molecule has 1 N–H and O–H groups in total. The van der Waals surface area contributed by atoms with E-state index in [-0.39, 0.29) is 12.4 Å². The second-order valence-electron chi connectivity index (χ2n) is 4.94.